The van der Waals surface area contributed by atoms with Crippen LogP contribution in [0.15, 0.2) is 22.7 Å². The number of hydrogen-bond acceptors (Lipinski definition) is 1. The standard InChI is InChI=1S/C11H12BrN/c1-3-9(7-13)11-6-10(12)5-4-8(11)2/h4-6,9H,3H2,1-2H3. The van der Waals surface area contributed by atoms with Gasteiger partial charge >= 0.3 is 0 Å². The number of rotatable bonds is 2. The molecule has 0 spiro atoms. The van der Waals surface area contributed by atoms with Gasteiger partial charge in [-0.1, -0.05) is 28.9 Å². The SMILES string of the molecule is CCC(C#N)c1cc(Br)ccc1C. The number of hydrogen-bond donors (Lipinski definition) is 0. The van der Waals surface area contributed by atoms with E-state index in [4.69, 9.17) is 5.26 Å². The fraction of sp³-hybridized carbons (Fsp3) is 0.364. The summed E-state index contributed by atoms with van der Waals surface area (Å²) in [5.41, 5.74) is 2.33. The Balaban J connectivity index is 3.13. The van der Waals surface area contributed by atoms with Gasteiger partial charge in [0, 0.05) is 4.47 Å². The molecule has 0 aliphatic carbocycles. The molecule has 1 rings (SSSR count). The van der Waals surface area contributed by atoms with Crippen LogP contribution < -0.4 is 0 Å². The van der Waals surface area contributed by atoms with Crippen molar-refractivity contribution >= 4 is 15.9 Å². The van der Waals surface area contributed by atoms with Crippen LogP contribution in [0.1, 0.15) is 30.4 Å². The van der Waals surface area contributed by atoms with E-state index in [-0.39, 0.29) is 5.92 Å². The van der Waals surface area contributed by atoms with E-state index in [1.54, 1.807) is 0 Å². The third-order valence-electron chi connectivity index (χ3n) is 2.18. The predicted octanol–water partition coefficient (Wildman–Crippen LogP) is 3.77. The van der Waals surface area contributed by atoms with E-state index in [0.717, 1.165) is 16.5 Å². The molecular formula is C11H12BrN. The van der Waals surface area contributed by atoms with Gasteiger partial charge in [-0.15, -0.1) is 0 Å². The predicted molar refractivity (Wildman–Crippen MR) is 57.5 cm³/mol. The van der Waals surface area contributed by atoms with Gasteiger partial charge < -0.3 is 0 Å². The summed E-state index contributed by atoms with van der Waals surface area (Å²) >= 11 is 3.41. The maximum Gasteiger partial charge on any atom is 0.0713 e. The van der Waals surface area contributed by atoms with E-state index < -0.39 is 0 Å². The van der Waals surface area contributed by atoms with Gasteiger partial charge in [-0.2, -0.15) is 5.26 Å². The highest BCUT2D eigenvalue weighted by Crippen LogP contribution is 2.25. The highest BCUT2D eigenvalue weighted by molar-refractivity contribution is 9.10. The molecule has 0 N–H and O–H groups in total. The van der Waals surface area contributed by atoms with Crippen LogP contribution in [-0.4, -0.2) is 0 Å². The van der Waals surface area contributed by atoms with Crippen molar-refractivity contribution in [2.24, 2.45) is 0 Å². The zero-order valence-electron chi connectivity index (χ0n) is 7.84. The minimum absolute atomic E-state index is 0.0255. The molecule has 0 saturated heterocycles. The Hall–Kier alpha value is -0.810. The molecule has 0 saturated carbocycles. The summed E-state index contributed by atoms with van der Waals surface area (Å²) in [7, 11) is 0. The molecule has 1 unspecified atom stereocenters. The van der Waals surface area contributed by atoms with Crippen molar-refractivity contribution in [1.82, 2.24) is 0 Å². The molecule has 68 valence electrons. The Morgan fingerprint density at radius 2 is 2.23 bits per heavy atom. The van der Waals surface area contributed by atoms with Crippen molar-refractivity contribution in [2.75, 3.05) is 0 Å². The monoisotopic (exact) mass is 237 g/mol. The van der Waals surface area contributed by atoms with E-state index in [1.807, 2.05) is 32.0 Å². The lowest BCUT2D eigenvalue weighted by molar-refractivity contribution is 0.811. The number of halogens is 1. The molecule has 0 aliphatic rings. The van der Waals surface area contributed by atoms with E-state index in [2.05, 4.69) is 22.0 Å². The lowest BCUT2D eigenvalue weighted by Gasteiger charge is -2.10. The average molecular weight is 238 g/mol. The highest BCUT2D eigenvalue weighted by Gasteiger charge is 2.10. The van der Waals surface area contributed by atoms with Gasteiger partial charge in [0.2, 0.25) is 0 Å². The molecule has 0 heterocycles. The summed E-state index contributed by atoms with van der Waals surface area (Å²) in [5.74, 6) is 0.0255. The molecule has 0 amide bonds. The molecule has 1 atom stereocenters. The first-order valence-corrected chi connectivity index (χ1v) is 5.14. The van der Waals surface area contributed by atoms with Crippen LogP contribution in [0.2, 0.25) is 0 Å². The van der Waals surface area contributed by atoms with Crippen LogP contribution in [0.5, 0.6) is 0 Å². The Morgan fingerprint density at radius 3 is 2.77 bits per heavy atom. The minimum atomic E-state index is 0.0255. The van der Waals surface area contributed by atoms with Crippen LogP contribution in [-0.2, 0) is 0 Å². The van der Waals surface area contributed by atoms with Crippen LogP contribution in [0.4, 0.5) is 0 Å². The van der Waals surface area contributed by atoms with Crippen molar-refractivity contribution in [3.05, 3.63) is 33.8 Å². The second-order valence-electron chi connectivity index (χ2n) is 3.09. The van der Waals surface area contributed by atoms with E-state index in [0.29, 0.717) is 0 Å². The van der Waals surface area contributed by atoms with Crippen molar-refractivity contribution in [2.45, 2.75) is 26.2 Å². The summed E-state index contributed by atoms with van der Waals surface area (Å²) in [4.78, 5) is 0. The Morgan fingerprint density at radius 1 is 1.54 bits per heavy atom. The Bertz CT molecular complexity index is 338. The fourth-order valence-electron chi connectivity index (χ4n) is 1.37. The zero-order valence-corrected chi connectivity index (χ0v) is 9.43. The van der Waals surface area contributed by atoms with Crippen LogP contribution in [0.3, 0.4) is 0 Å². The molecule has 1 aromatic rings. The fourth-order valence-corrected chi connectivity index (χ4v) is 1.75. The smallest absolute Gasteiger partial charge is 0.0713 e. The third kappa shape index (κ3) is 2.32. The third-order valence-corrected chi connectivity index (χ3v) is 2.67. The van der Waals surface area contributed by atoms with Crippen LogP contribution in [0, 0.1) is 18.3 Å². The highest BCUT2D eigenvalue weighted by atomic mass is 79.9. The number of aryl methyl sites for hydroxylation is 1. The lowest BCUT2D eigenvalue weighted by atomic mass is 9.94. The molecule has 1 aromatic carbocycles. The summed E-state index contributed by atoms with van der Waals surface area (Å²) in [6.45, 7) is 4.08. The van der Waals surface area contributed by atoms with E-state index in [1.165, 1.54) is 5.56 Å². The lowest BCUT2D eigenvalue weighted by Crippen LogP contribution is -1.96. The van der Waals surface area contributed by atoms with E-state index >= 15 is 0 Å². The summed E-state index contributed by atoms with van der Waals surface area (Å²) < 4.78 is 1.04. The van der Waals surface area contributed by atoms with Crippen molar-refractivity contribution < 1.29 is 0 Å². The second kappa shape index (κ2) is 4.43. The van der Waals surface area contributed by atoms with Crippen molar-refractivity contribution in [3.63, 3.8) is 0 Å². The molecule has 0 radical (unpaired) electrons. The maximum atomic E-state index is 8.93. The van der Waals surface area contributed by atoms with Crippen molar-refractivity contribution in [3.8, 4) is 6.07 Å². The molecular weight excluding hydrogens is 226 g/mol. The summed E-state index contributed by atoms with van der Waals surface area (Å²) in [6.07, 6.45) is 0.869. The van der Waals surface area contributed by atoms with E-state index in [9.17, 15) is 0 Å². The normalized spacial score (nSPS) is 12.2. The average Bonchev–Trinajstić information content (AvgIpc) is 2.13. The van der Waals surface area contributed by atoms with Gasteiger partial charge in [-0.05, 0) is 36.6 Å². The molecule has 0 aromatic heterocycles. The minimum Gasteiger partial charge on any atom is -0.198 e. The molecule has 13 heavy (non-hydrogen) atoms. The van der Waals surface area contributed by atoms with Gasteiger partial charge in [-0.3, -0.25) is 0 Å². The van der Waals surface area contributed by atoms with Gasteiger partial charge in [0.15, 0.2) is 0 Å². The number of nitriles is 1. The summed E-state index contributed by atoms with van der Waals surface area (Å²) in [5, 5.41) is 8.93. The first-order chi connectivity index (χ1) is 6.19. The zero-order chi connectivity index (χ0) is 9.84. The van der Waals surface area contributed by atoms with Crippen molar-refractivity contribution in [1.29, 1.82) is 5.26 Å². The summed E-state index contributed by atoms with van der Waals surface area (Å²) in [6, 6.07) is 8.39. The van der Waals surface area contributed by atoms with Crippen LogP contribution in [0.25, 0.3) is 0 Å². The van der Waals surface area contributed by atoms with Gasteiger partial charge in [0.25, 0.3) is 0 Å². The Kier molecular flexibility index (Phi) is 3.50. The van der Waals surface area contributed by atoms with Crippen LogP contribution >= 0.6 is 15.9 Å². The first-order valence-electron chi connectivity index (χ1n) is 4.34. The number of benzene rings is 1. The molecule has 0 fully saturated rings. The molecule has 2 heteroatoms. The molecule has 0 aliphatic heterocycles. The largest absolute Gasteiger partial charge is 0.198 e. The maximum absolute atomic E-state index is 8.93. The topological polar surface area (TPSA) is 23.8 Å². The quantitative estimate of drug-likeness (QED) is 0.769. The molecule has 1 nitrogen and oxygen atoms in total. The Labute approximate surface area is 87.5 Å². The van der Waals surface area contributed by atoms with Gasteiger partial charge in [0.1, 0.15) is 0 Å². The number of nitrogens with zero attached hydrogens (tertiary/aromatic N) is 1. The first kappa shape index (κ1) is 10.3. The van der Waals surface area contributed by atoms with Gasteiger partial charge in [0.05, 0.1) is 12.0 Å². The second-order valence-corrected chi connectivity index (χ2v) is 4.01. The molecule has 0 bridgehead atoms. The van der Waals surface area contributed by atoms with Gasteiger partial charge in [-0.25, -0.2) is 0 Å².